The van der Waals surface area contributed by atoms with Gasteiger partial charge < -0.3 is 10.1 Å². The number of epoxide rings is 1. The van der Waals surface area contributed by atoms with Crippen molar-refractivity contribution in [3.63, 3.8) is 0 Å². The fourth-order valence-corrected chi connectivity index (χ4v) is 1.76. The van der Waals surface area contributed by atoms with Crippen LogP contribution in [-0.2, 0) is 19.1 Å². The molecule has 1 fully saturated rings. The van der Waals surface area contributed by atoms with Gasteiger partial charge in [-0.05, 0) is 6.92 Å². The third-order valence-corrected chi connectivity index (χ3v) is 2.84. The molecule has 0 aromatic carbocycles. The number of amides is 1. The van der Waals surface area contributed by atoms with E-state index in [0.29, 0.717) is 0 Å². The van der Waals surface area contributed by atoms with Crippen molar-refractivity contribution in [1.29, 1.82) is 0 Å². The van der Waals surface area contributed by atoms with E-state index in [9.17, 15) is 14.4 Å². The number of rotatable bonds is 5. The van der Waals surface area contributed by atoms with Gasteiger partial charge in [-0.15, -0.1) is 0 Å². The molecule has 108 valence electrons. The molecule has 0 saturated carbocycles. The van der Waals surface area contributed by atoms with Crippen molar-refractivity contribution in [1.82, 2.24) is 5.32 Å². The maximum Gasteiger partial charge on any atom is 0.248 e. The van der Waals surface area contributed by atoms with Crippen LogP contribution in [0.4, 0.5) is 0 Å². The molecular weight excluding hydrogens is 270 g/mol. The number of Topliss-reactive ketones (excluding diaryl/α,β-unsaturated/α-hetero) is 1. The molecule has 5 heteroatoms. The van der Waals surface area contributed by atoms with E-state index in [1.165, 1.54) is 6.08 Å². The molecule has 1 saturated heterocycles. The lowest BCUT2D eigenvalue weighted by Crippen LogP contribution is -2.33. The molecule has 1 aliphatic heterocycles. The zero-order valence-corrected chi connectivity index (χ0v) is 11.5. The molecule has 0 bridgehead atoms. The van der Waals surface area contributed by atoms with E-state index in [4.69, 9.17) is 4.74 Å². The topological polar surface area (TPSA) is 75.8 Å². The summed E-state index contributed by atoms with van der Waals surface area (Å²) in [5, 5.41) is 2.39. The smallest absolute Gasteiger partial charge is 0.248 e. The van der Waals surface area contributed by atoms with Crippen LogP contribution in [0.5, 0.6) is 0 Å². The lowest BCUT2D eigenvalue weighted by molar-refractivity contribution is -0.122. The predicted octanol–water partition coefficient (Wildman–Crippen LogP) is 1.15. The van der Waals surface area contributed by atoms with Gasteiger partial charge in [0.05, 0.1) is 5.70 Å². The van der Waals surface area contributed by atoms with Crippen molar-refractivity contribution < 1.29 is 19.1 Å². The Labute approximate surface area is 122 Å². The van der Waals surface area contributed by atoms with Crippen molar-refractivity contribution in [3.8, 4) is 0 Å². The fourth-order valence-electron chi connectivity index (χ4n) is 1.76. The fraction of sp³-hybridized carbons (Fsp3) is 0.188. The van der Waals surface area contributed by atoms with Crippen LogP contribution in [0.1, 0.15) is 6.92 Å². The van der Waals surface area contributed by atoms with Crippen LogP contribution >= 0.6 is 0 Å². The molecule has 1 aliphatic carbocycles. The molecule has 5 nitrogen and oxygen atoms in total. The van der Waals surface area contributed by atoms with Gasteiger partial charge in [0.1, 0.15) is 0 Å². The summed E-state index contributed by atoms with van der Waals surface area (Å²) in [5.41, 5.74) is -0.00893. The summed E-state index contributed by atoms with van der Waals surface area (Å²) in [4.78, 5) is 34.7. The molecule has 2 aliphatic rings. The number of ketones is 2. The Morgan fingerprint density at radius 3 is 2.48 bits per heavy atom. The Morgan fingerprint density at radius 1 is 1.10 bits per heavy atom. The lowest BCUT2D eigenvalue weighted by atomic mass is 10.0. The summed E-state index contributed by atoms with van der Waals surface area (Å²) in [6, 6.07) is 0. The summed E-state index contributed by atoms with van der Waals surface area (Å²) < 4.78 is 4.91. The Kier molecular flexibility index (Phi) is 4.79. The number of ether oxygens (including phenoxy) is 1. The number of hydrogen-bond acceptors (Lipinski definition) is 4. The van der Waals surface area contributed by atoms with Gasteiger partial charge in [-0.3, -0.25) is 14.4 Å². The van der Waals surface area contributed by atoms with Crippen molar-refractivity contribution >= 4 is 17.5 Å². The minimum atomic E-state index is -0.710. The molecule has 21 heavy (non-hydrogen) atoms. The highest BCUT2D eigenvalue weighted by Gasteiger charge is 2.53. The van der Waals surface area contributed by atoms with Crippen molar-refractivity contribution in [2.75, 3.05) is 0 Å². The highest BCUT2D eigenvalue weighted by Crippen LogP contribution is 2.30. The average molecular weight is 285 g/mol. The van der Waals surface area contributed by atoms with Crippen LogP contribution in [0.2, 0.25) is 0 Å². The molecule has 2 rings (SSSR count). The number of carbonyl (C=O) groups is 3. The van der Waals surface area contributed by atoms with Gasteiger partial charge >= 0.3 is 0 Å². The van der Waals surface area contributed by atoms with Gasteiger partial charge in [0.25, 0.3) is 0 Å². The first kappa shape index (κ1) is 14.9. The van der Waals surface area contributed by atoms with Crippen molar-refractivity contribution in [3.05, 3.63) is 60.4 Å². The minimum absolute atomic E-state index is 0.00893. The van der Waals surface area contributed by atoms with Crippen LogP contribution < -0.4 is 5.32 Å². The average Bonchev–Trinajstić information content (AvgIpc) is 3.24. The predicted molar refractivity (Wildman–Crippen MR) is 77.1 cm³/mol. The Hall–Kier alpha value is -2.53. The Balaban J connectivity index is 1.84. The van der Waals surface area contributed by atoms with E-state index in [0.717, 1.165) is 6.08 Å². The van der Waals surface area contributed by atoms with Gasteiger partial charge in [-0.1, -0.05) is 42.5 Å². The molecule has 1 N–H and O–H groups in total. The third-order valence-electron chi connectivity index (χ3n) is 2.84. The van der Waals surface area contributed by atoms with E-state index < -0.39 is 18.1 Å². The molecule has 0 spiro atoms. The molecule has 1 amide bonds. The summed E-state index contributed by atoms with van der Waals surface area (Å²) in [7, 11) is 0. The molecule has 0 aromatic rings. The van der Waals surface area contributed by atoms with E-state index in [-0.39, 0.29) is 17.3 Å². The van der Waals surface area contributed by atoms with Gasteiger partial charge in [-0.2, -0.15) is 0 Å². The van der Waals surface area contributed by atoms with E-state index >= 15 is 0 Å². The number of allylic oxidation sites excluding steroid dienone is 7. The zero-order valence-electron chi connectivity index (χ0n) is 11.5. The number of carbonyl (C=O) groups excluding carboxylic acids is 3. The SMILES string of the molecule is C/C=C/C=C/C=C/C=C/C(=O)NC1=CC(=O)C2OC2C1=O. The number of nitrogens with one attached hydrogen (secondary N) is 1. The molecule has 2 unspecified atom stereocenters. The standard InChI is InChI=1S/C16H15NO4/c1-2-3-4-5-6-7-8-9-13(19)17-11-10-12(18)15-16(21-15)14(11)20/h2-10,15-16H,1H3,(H,17,19)/b3-2+,5-4+,7-6+,9-8+. The first-order valence-electron chi connectivity index (χ1n) is 6.52. The summed E-state index contributed by atoms with van der Waals surface area (Å²) in [6.07, 6.45) is 13.5. The lowest BCUT2D eigenvalue weighted by Gasteiger charge is -2.07. The summed E-state index contributed by atoms with van der Waals surface area (Å²) in [6.45, 7) is 1.92. The molecular formula is C16H15NO4. The molecule has 0 aromatic heterocycles. The third kappa shape index (κ3) is 3.97. The number of hydrogen-bond donors (Lipinski definition) is 1. The zero-order chi connectivity index (χ0) is 15.2. The van der Waals surface area contributed by atoms with Crippen LogP contribution in [0, 0.1) is 0 Å². The van der Waals surface area contributed by atoms with Gasteiger partial charge in [0, 0.05) is 12.2 Å². The van der Waals surface area contributed by atoms with Crippen LogP contribution in [0.3, 0.4) is 0 Å². The van der Waals surface area contributed by atoms with E-state index in [2.05, 4.69) is 5.32 Å². The highest BCUT2D eigenvalue weighted by atomic mass is 16.6. The first-order valence-corrected chi connectivity index (χ1v) is 6.52. The van der Waals surface area contributed by atoms with E-state index in [1.54, 1.807) is 18.2 Å². The normalized spacial score (nSPS) is 25.1. The van der Waals surface area contributed by atoms with Crippen LogP contribution in [0.15, 0.2) is 60.4 Å². The largest absolute Gasteiger partial charge is 0.352 e. The Bertz CT molecular complexity index is 608. The van der Waals surface area contributed by atoms with Crippen LogP contribution in [0.25, 0.3) is 0 Å². The molecule has 2 atom stereocenters. The first-order chi connectivity index (χ1) is 10.1. The van der Waals surface area contributed by atoms with Gasteiger partial charge in [-0.25, -0.2) is 0 Å². The maximum atomic E-state index is 11.7. The van der Waals surface area contributed by atoms with Gasteiger partial charge in [0.15, 0.2) is 18.0 Å². The summed E-state index contributed by atoms with van der Waals surface area (Å²) in [5.74, 6) is -1.11. The minimum Gasteiger partial charge on any atom is -0.352 e. The molecule has 1 heterocycles. The van der Waals surface area contributed by atoms with Crippen molar-refractivity contribution in [2.24, 2.45) is 0 Å². The van der Waals surface area contributed by atoms with Crippen LogP contribution in [-0.4, -0.2) is 29.7 Å². The summed E-state index contributed by atoms with van der Waals surface area (Å²) >= 11 is 0. The second-order valence-corrected chi connectivity index (χ2v) is 4.45. The highest BCUT2D eigenvalue weighted by molar-refractivity contribution is 6.17. The van der Waals surface area contributed by atoms with Crippen molar-refractivity contribution in [2.45, 2.75) is 19.1 Å². The number of fused-ring (bicyclic) bond motifs is 1. The molecule has 0 radical (unpaired) electrons. The maximum absolute atomic E-state index is 11.7. The van der Waals surface area contributed by atoms with E-state index in [1.807, 2.05) is 31.2 Å². The second kappa shape index (κ2) is 6.76. The van der Waals surface area contributed by atoms with Gasteiger partial charge in [0.2, 0.25) is 11.7 Å². The Morgan fingerprint density at radius 2 is 1.76 bits per heavy atom. The quantitative estimate of drug-likeness (QED) is 0.467. The second-order valence-electron chi connectivity index (χ2n) is 4.45. The monoisotopic (exact) mass is 285 g/mol.